The summed E-state index contributed by atoms with van der Waals surface area (Å²) >= 11 is 1.24. The average Bonchev–Trinajstić information content (AvgIpc) is 3.16. The number of methoxy groups -OCH3 is 1. The van der Waals surface area contributed by atoms with Gasteiger partial charge < -0.3 is 15.2 Å². The fraction of sp³-hybridized carbons (Fsp3) is 0.400. The monoisotopic (exact) mass is 388 g/mol. The summed E-state index contributed by atoms with van der Waals surface area (Å²) < 4.78 is 4.72. The van der Waals surface area contributed by atoms with Crippen molar-refractivity contribution in [2.75, 3.05) is 32.1 Å². The minimum absolute atomic E-state index is 0.152. The number of thiophene rings is 1. The quantitative estimate of drug-likeness (QED) is 0.744. The topological polar surface area (TPSA) is 78.9 Å². The highest BCUT2D eigenvalue weighted by molar-refractivity contribution is 7.12. The fourth-order valence-electron chi connectivity index (χ4n) is 3.40. The minimum Gasteiger partial charge on any atom is -0.465 e. The lowest BCUT2D eigenvalue weighted by Crippen LogP contribution is -2.40. The molecule has 0 radical (unpaired) electrons. The molecular formula is C20H24N2O4S. The van der Waals surface area contributed by atoms with Gasteiger partial charge in [0.2, 0.25) is 5.91 Å². The predicted molar refractivity (Wildman–Crippen MR) is 105 cm³/mol. The van der Waals surface area contributed by atoms with Crippen LogP contribution in [0.5, 0.6) is 0 Å². The summed E-state index contributed by atoms with van der Waals surface area (Å²) in [4.78, 5) is 26.5. The zero-order valence-electron chi connectivity index (χ0n) is 15.3. The van der Waals surface area contributed by atoms with Crippen LogP contribution in [-0.4, -0.2) is 48.6 Å². The Morgan fingerprint density at radius 3 is 2.63 bits per heavy atom. The maximum Gasteiger partial charge on any atom is 0.350 e. The smallest absolute Gasteiger partial charge is 0.350 e. The largest absolute Gasteiger partial charge is 0.465 e. The van der Waals surface area contributed by atoms with Gasteiger partial charge in [0.25, 0.3) is 0 Å². The molecule has 1 aliphatic heterocycles. The molecular weight excluding hydrogens is 364 g/mol. The second-order valence-corrected chi connectivity index (χ2v) is 7.59. The van der Waals surface area contributed by atoms with Crippen LogP contribution in [0.4, 0.5) is 5.69 Å². The second kappa shape index (κ2) is 9.12. The van der Waals surface area contributed by atoms with Crippen LogP contribution in [0.1, 0.15) is 34.2 Å². The van der Waals surface area contributed by atoms with Crippen molar-refractivity contribution in [3.05, 3.63) is 52.2 Å². The summed E-state index contributed by atoms with van der Waals surface area (Å²) in [7, 11) is 1.32. The number of hydrogen-bond donors (Lipinski definition) is 2. The molecule has 2 heterocycles. The van der Waals surface area contributed by atoms with Crippen molar-refractivity contribution in [2.45, 2.75) is 18.9 Å². The normalized spacial score (nSPS) is 16.7. The van der Waals surface area contributed by atoms with Crippen LogP contribution in [0, 0.1) is 5.92 Å². The lowest BCUT2D eigenvalue weighted by Gasteiger charge is -2.34. The van der Waals surface area contributed by atoms with E-state index in [1.54, 1.807) is 11.4 Å². The average molecular weight is 388 g/mol. The number of nitrogens with zero attached hydrogens (tertiary/aromatic N) is 1. The minimum atomic E-state index is -0.462. The van der Waals surface area contributed by atoms with E-state index in [2.05, 4.69) is 10.2 Å². The number of likely N-dealkylation sites (tertiary alicyclic amines) is 1. The number of piperidine rings is 1. The van der Waals surface area contributed by atoms with Crippen LogP contribution in [-0.2, 0) is 9.53 Å². The van der Waals surface area contributed by atoms with E-state index in [1.807, 2.05) is 30.3 Å². The van der Waals surface area contributed by atoms with Crippen molar-refractivity contribution < 1.29 is 19.4 Å². The van der Waals surface area contributed by atoms with Crippen molar-refractivity contribution in [3.63, 3.8) is 0 Å². The van der Waals surface area contributed by atoms with E-state index in [0.29, 0.717) is 10.6 Å². The number of ether oxygens (including phenoxy) is 1. The standard InChI is InChI=1S/C20H24N2O4S/c1-26-20(25)19-16(9-12-27-19)21-17(23)13-22-10-7-15(8-11-22)18(24)14-5-3-2-4-6-14/h2-6,9,12,15,18,24H,7-8,10-11,13H2,1H3,(H,21,23)/t18-/m0/s1. The van der Waals surface area contributed by atoms with Gasteiger partial charge in [-0.15, -0.1) is 11.3 Å². The molecule has 1 atom stereocenters. The Kier molecular flexibility index (Phi) is 6.60. The van der Waals surface area contributed by atoms with Crippen LogP contribution in [0.2, 0.25) is 0 Å². The van der Waals surface area contributed by atoms with Crippen molar-refractivity contribution in [1.29, 1.82) is 0 Å². The molecule has 7 heteroatoms. The Hall–Kier alpha value is -2.22. The number of esters is 1. The number of rotatable bonds is 6. The number of amides is 1. The van der Waals surface area contributed by atoms with Crippen LogP contribution in [0.3, 0.4) is 0 Å². The Balaban J connectivity index is 1.49. The maximum absolute atomic E-state index is 12.3. The summed E-state index contributed by atoms with van der Waals surface area (Å²) in [6.45, 7) is 1.79. The zero-order chi connectivity index (χ0) is 19.2. The van der Waals surface area contributed by atoms with Gasteiger partial charge in [-0.3, -0.25) is 9.69 Å². The molecule has 1 aromatic carbocycles. The molecule has 1 fully saturated rings. The van der Waals surface area contributed by atoms with Gasteiger partial charge in [-0.2, -0.15) is 0 Å². The third-order valence-electron chi connectivity index (χ3n) is 4.90. The van der Waals surface area contributed by atoms with Crippen molar-refractivity contribution in [1.82, 2.24) is 4.90 Å². The van der Waals surface area contributed by atoms with E-state index in [9.17, 15) is 14.7 Å². The van der Waals surface area contributed by atoms with Gasteiger partial charge in [0, 0.05) is 0 Å². The molecule has 0 aliphatic carbocycles. The molecule has 1 aromatic heterocycles. The molecule has 1 aliphatic rings. The Labute approximate surface area is 162 Å². The summed E-state index contributed by atoms with van der Waals surface area (Å²) in [5.74, 6) is -0.397. The first-order chi connectivity index (χ1) is 13.1. The first-order valence-corrected chi connectivity index (χ1v) is 9.87. The predicted octanol–water partition coefficient (Wildman–Crippen LogP) is 2.92. The highest BCUT2D eigenvalue weighted by Crippen LogP contribution is 2.30. The highest BCUT2D eigenvalue weighted by atomic mass is 32.1. The van der Waals surface area contributed by atoms with Crippen LogP contribution in [0.15, 0.2) is 41.8 Å². The molecule has 6 nitrogen and oxygen atoms in total. The summed E-state index contributed by atoms with van der Waals surface area (Å²) in [5, 5.41) is 15.1. The number of carbonyl (C=O) groups excluding carboxylic acids is 2. The SMILES string of the molecule is COC(=O)c1sccc1NC(=O)CN1CCC([C@@H](O)c2ccccc2)CC1. The van der Waals surface area contributed by atoms with Crippen molar-refractivity contribution in [3.8, 4) is 0 Å². The van der Waals surface area contributed by atoms with Crippen LogP contribution in [0.25, 0.3) is 0 Å². The molecule has 3 rings (SSSR count). The lowest BCUT2D eigenvalue weighted by atomic mass is 9.87. The van der Waals surface area contributed by atoms with E-state index < -0.39 is 12.1 Å². The zero-order valence-corrected chi connectivity index (χ0v) is 16.1. The van der Waals surface area contributed by atoms with Gasteiger partial charge >= 0.3 is 5.97 Å². The number of aliphatic hydroxyl groups is 1. The van der Waals surface area contributed by atoms with E-state index >= 15 is 0 Å². The summed E-state index contributed by atoms with van der Waals surface area (Å²) in [6, 6.07) is 11.4. The first-order valence-electron chi connectivity index (χ1n) is 8.99. The lowest BCUT2D eigenvalue weighted by molar-refractivity contribution is -0.117. The van der Waals surface area contributed by atoms with Gasteiger partial charge in [-0.1, -0.05) is 30.3 Å². The Morgan fingerprint density at radius 2 is 1.96 bits per heavy atom. The third kappa shape index (κ3) is 4.94. The molecule has 0 unspecified atom stereocenters. The number of nitrogens with one attached hydrogen (secondary N) is 1. The van der Waals surface area contributed by atoms with Gasteiger partial charge in [-0.05, 0) is 48.9 Å². The molecule has 2 N–H and O–H groups in total. The number of aliphatic hydroxyl groups excluding tert-OH is 1. The molecule has 27 heavy (non-hydrogen) atoms. The molecule has 0 saturated carbocycles. The summed E-state index contributed by atoms with van der Waals surface area (Å²) in [6.07, 6.45) is 1.22. The number of hydrogen-bond acceptors (Lipinski definition) is 6. The third-order valence-corrected chi connectivity index (χ3v) is 5.79. The van der Waals surface area contributed by atoms with E-state index in [0.717, 1.165) is 31.5 Å². The highest BCUT2D eigenvalue weighted by Gasteiger charge is 2.27. The van der Waals surface area contributed by atoms with E-state index in [-0.39, 0.29) is 18.4 Å². The summed E-state index contributed by atoms with van der Waals surface area (Å²) in [5.41, 5.74) is 1.44. The molecule has 2 aromatic rings. The molecule has 1 saturated heterocycles. The van der Waals surface area contributed by atoms with Crippen LogP contribution >= 0.6 is 11.3 Å². The van der Waals surface area contributed by atoms with Gasteiger partial charge in [-0.25, -0.2) is 4.79 Å². The maximum atomic E-state index is 12.3. The molecule has 0 bridgehead atoms. The molecule has 1 amide bonds. The number of anilines is 1. The number of carbonyl (C=O) groups is 2. The van der Waals surface area contributed by atoms with Gasteiger partial charge in [0.1, 0.15) is 4.88 Å². The fourth-order valence-corrected chi connectivity index (χ4v) is 4.17. The van der Waals surface area contributed by atoms with Crippen molar-refractivity contribution in [2.24, 2.45) is 5.92 Å². The van der Waals surface area contributed by atoms with E-state index in [1.165, 1.54) is 18.4 Å². The Bertz CT molecular complexity index is 769. The van der Waals surface area contributed by atoms with E-state index in [4.69, 9.17) is 4.74 Å². The van der Waals surface area contributed by atoms with Gasteiger partial charge in [0.15, 0.2) is 0 Å². The number of benzene rings is 1. The van der Waals surface area contributed by atoms with Crippen LogP contribution < -0.4 is 5.32 Å². The molecule has 144 valence electrons. The first kappa shape index (κ1) is 19.5. The molecule has 0 spiro atoms. The Morgan fingerprint density at radius 1 is 1.26 bits per heavy atom. The second-order valence-electron chi connectivity index (χ2n) is 6.67. The van der Waals surface area contributed by atoms with Crippen molar-refractivity contribution >= 4 is 28.9 Å². The van der Waals surface area contributed by atoms with Gasteiger partial charge in [0.05, 0.1) is 25.4 Å².